The van der Waals surface area contributed by atoms with Gasteiger partial charge in [-0.05, 0) is 36.6 Å². The van der Waals surface area contributed by atoms with Crippen LogP contribution in [0.2, 0.25) is 0 Å². The monoisotopic (exact) mass is 335 g/mol. The number of nitrogens with one attached hydrogen (secondary N) is 1. The summed E-state index contributed by atoms with van der Waals surface area (Å²) in [7, 11) is 0. The van der Waals surface area contributed by atoms with Crippen LogP contribution in [0.5, 0.6) is 0 Å². The van der Waals surface area contributed by atoms with Crippen LogP contribution in [-0.4, -0.2) is 22.5 Å². The fourth-order valence-electron chi connectivity index (χ4n) is 2.96. The number of nitrogens with zero attached hydrogens (tertiary/aromatic N) is 2. The summed E-state index contributed by atoms with van der Waals surface area (Å²) in [5, 5.41) is 2.41. The molecule has 0 saturated carbocycles. The molecule has 7 heteroatoms. The van der Waals surface area contributed by atoms with Gasteiger partial charge in [-0.25, -0.2) is 4.79 Å². The molecule has 2 heterocycles. The minimum atomic E-state index is -4.52. The Kier molecular flexibility index (Phi) is 4.42. The highest BCUT2D eigenvalue weighted by atomic mass is 19.4. The third-order valence-electron chi connectivity index (χ3n) is 4.06. The minimum Gasteiger partial charge on any atom is -0.317 e. The van der Waals surface area contributed by atoms with Crippen molar-refractivity contribution in [3.63, 3.8) is 0 Å². The van der Waals surface area contributed by atoms with Crippen molar-refractivity contribution in [3.05, 3.63) is 59.9 Å². The van der Waals surface area contributed by atoms with Crippen molar-refractivity contribution in [2.75, 3.05) is 11.9 Å². The van der Waals surface area contributed by atoms with Crippen LogP contribution < -0.4 is 5.32 Å². The Morgan fingerprint density at radius 3 is 2.71 bits per heavy atom. The number of alkyl halides is 3. The Balaban J connectivity index is 1.81. The number of para-hydroxylation sites is 1. The topological polar surface area (TPSA) is 45.2 Å². The number of pyridine rings is 1. The highest BCUT2D eigenvalue weighted by Crippen LogP contribution is 2.36. The summed E-state index contributed by atoms with van der Waals surface area (Å²) in [5.74, 6) is 0. The van der Waals surface area contributed by atoms with E-state index in [1.165, 1.54) is 18.2 Å². The van der Waals surface area contributed by atoms with Crippen molar-refractivity contribution in [2.24, 2.45) is 0 Å². The van der Waals surface area contributed by atoms with E-state index in [1.54, 1.807) is 23.4 Å². The smallest absolute Gasteiger partial charge is 0.317 e. The molecule has 126 valence electrons. The molecule has 0 radical (unpaired) electrons. The molecule has 1 aromatic carbocycles. The lowest BCUT2D eigenvalue weighted by Crippen LogP contribution is -2.35. The molecule has 1 aliphatic rings. The molecule has 0 aliphatic carbocycles. The second-order valence-corrected chi connectivity index (χ2v) is 5.61. The number of carbonyl (C=O) groups is 1. The van der Waals surface area contributed by atoms with Crippen molar-refractivity contribution in [3.8, 4) is 0 Å². The van der Waals surface area contributed by atoms with E-state index in [0.717, 1.165) is 24.5 Å². The number of hydrogen-bond donors (Lipinski definition) is 1. The number of amides is 2. The number of likely N-dealkylation sites (tertiary alicyclic amines) is 1. The van der Waals surface area contributed by atoms with Crippen molar-refractivity contribution in [2.45, 2.75) is 25.1 Å². The predicted molar refractivity (Wildman–Crippen MR) is 83.4 cm³/mol. The zero-order valence-corrected chi connectivity index (χ0v) is 12.8. The largest absolute Gasteiger partial charge is 0.418 e. The number of halogens is 3. The van der Waals surface area contributed by atoms with E-state index in [1.807, 2.05) is 6.07 Å². The van der Waals surface area contributed by atoms with Crippen LogP contribution in [0, 0.1) is 0 Å². The van der Waals surface area contributed by atoms with Gasteiger partial charge in [0.05, 0.1) is 17.3 Å². The second kappa shape index (κ2) is 6.51. The normalized spacial score (nSPS) is 17.8. The van der Waals surface area contributed by atoms with Crippen molar-refractivity contribution in [1.82, 2.24) is 9.88 Å². The van der Waals surface area contributed by atoms with Gasteiger partial charge in [0, 0.05) is 18.9 Å². The SMILES string of the molecule is O=C(Nc1ccccc1C(F)(F)F)N1CCC[C@@H]1c1cccnc1. The van der Waals surface area contributed by atoms with Crippen LogP contribution in [0.1, 0.15) is 30.0 Å². The maximum Gasteiger partial charge on any atom is 0.418 e. The minimum absolute atomic E-state index is 0.170. The fraction of sp³-hybridized carbons (Fsp3) is 0.294. The summed E-state index contributed by atoms with van der Waals surface area (Å²) in [4.78, 5) is 18.1. The lowest BCUT2D eigenvalue weighted by Gasteiger charge is -2.25. The average molecular weight is 335 g/mol. The summed E-state index contributed by atoms with van der Waals surface area (Å²) in [5.41, 5.74) is -0.198. The van der Waals surface area contributed by atoms with Crippen molar-refractivity contribution < 1.29 is 18.0 Å². The van der Waals surface area contributed by atoms with E-state index in [-0.39, 0.29) is 11.7 Å². The molecule has 4 nitrogen and oxygen atoms in total. The highest BCUT2D eigenvalue weighted by molar-refractivity contribution is 5.90. The number of benzene rings is 1. The average Bonchev–Trinajstić information content (AvgIpc) is 3.05. The van der Waals surface area contributed by atoms with Crippen molar-refractivity contribution >= 4 is 11.7 Å². The van der Waals surface area contributed by atoms with Gasteiger partial charge < -0.3 is 10.2 Å². The molecule has 24 heavy (non-hydrogen) atoms. The lowest BCUT2D eigenvalue weighted by atomic mass is 10.1. The van der Waals surface area contributed by atoms with Crippen LogP contribution >= 0.6 is 0 Å². The predicted octanol–water partition coefficient (Wildman–Crippen LogP) is 4.47. The van der Waals surface area contributed by atoms with E-state index in [4.69, 9.17) is 0 Å². The molecule has 1 aromatic heterocycles. The van der Waals surface area contributed by atoms with Gasteiger partial charge in [0.1, 0.15) is 0 Å². The van der Waals surface area contributed by atoms with Gasteiger partial charge in [-0.3, -0.25) is 4.98 Å². The molecule has 1 saturated heterocycles. The number of aromatic nitrogens is 1. The van der Waals surface area contributed by atoms with Gasteiger partial charge in [0.15, 0.2) is 0 Å². The molecule has 2 aromatic rings. The lowest BCUT2D eigenvalue weighted by molar-refractivity contribution is -0.136. The maximum absolute atomic E-state index is 13.0. The Hall–Kier alpha value is -2.57. The van der Waals surface area contributed by atoms with Crippen LogP contribution in [0.3, 0.4) is 0 Å². The number of anilines is 1. The number of urea groups is 1. The van der Waals surface area contributed by atoms with E-state index >= 15 is 0 Å². The van der Waals surface area contributed by atoms with Gasteiger partial charge in [-0.15, -0.1) is 0 Å². The first-order valence-electron chi connectivity index (χ1n) is 7.60. The molecule has 1 aliphatic heterocycles. The Morgan fingerprint density at radius 1 is 1.21 bits per heavy atom. The molecule has 1 fully saturated rings. The Labute approximate surface area is 137 Å². The Bertz CT molecular complexity index is 719. The number of carbonyl (C=O) groups excluding carboxylic acids is 1. The van der Waals surface area contributed by atoms with E-state index < -0.39 is 17.8 Å². The van der Waals surface area contributed by atoms with Gasteiger partial charge in [-0.1, -0.05) is 18.2 Å². The van der Waals surface area contributed by atoms with E-state index in [0.29, 0.717) is 6.54 Å². The van der Waals surface area contributed by atoms with Crippen LogP contribution in [-0.2, 0) is 6.18 Å². The molecule has 3 rings (SSSR count). The first-order chi connectivity index (χ1) is 11.5. The third-order valence-corrected chi connectivity index (χ3v) is 4.06. The highest BCUT2D eigenvalue weighted by Gasteiger charge is 2.35. The quantitative estimate of drug-likeness (QED) is 0.880. The second-order valence-electron chi connectivity index (χ2n) is 5.61. The van der Waals surface area contributed by atoms with Gasteiger partial charge in [-0.2, -0.15) is 13.2 Å². The van der Waals surface area contributed by atoms with Gasteiger partial charge in [0.2, 0.25) is 0 Å². The molecular formula is C17H16F3N3O. The maximum atomic E-state index is 13.0. The molecule has 2 amide bonds. The molecule has 0 bridgehead atoms. The first kappa shape index (κ1) is 16.3. The number of hydrogen-bond acceptors (Lipinski definition) is 2. The van der Waals surface area contributed by atoms with Crippen LogP contribution in [0.15, 0.2) is 48.8 Å². The summed E-state index contributed by atoms with van der Waals surface area (Å²) in [6.45, 7) is 0.500. The van der Waals surface area contributed by atoms with Crippen LogP contribution in [0.25, 0.3) is 0 Å². The fourth-order valence-corrected chi connectivity index (χ4v) is 2.96. The molecule has 0 spiro atoms. The summed E-state index contributed by atoms with van der Waals surface area (Å²) >= 11 is 0. The summed E-state index contributed by atoms with van der Waals surface area (Å²) < 4.78 is 39.1. The standard InChI is InChI=1S/C17H16F3N3O/c18-17(19,20)13-6-1-2-7-14(13)22-16(24)23-10-4-8-15(23)12-5-3-9-21-11-12/h1-3,5-7,9,11,15H,4,8,10H2,(H,22,24)/t15-/m1/s1. The van der Waals surface area contributed by atoms with E-state index in [9.17, 15) is 18.0 Å². The van der Waals surface area contributed by atoms with Crippen molar-refractivity contribution in [1.29, 1.82) is 0 Å². The van der Waals surface area contributed by atoms with Crippen LogP contribution in [0.4, 0.5) is 23.7 Å². The molecular weight excluding hydrogens is 319 g/mol. The summed E-state index contributed by atoms with van der Waals surface area (Å²) in [6, 6.07) is 7.93. The first-order valence-corrected chi connectivity index (χ1v) is 7.60. The molecule has 1 N–H and O–H groups in total. The Morgan fingerprint density at radius 2 is 2.00 bits per heavy atom. The molecule has 1 atom stereocenters. The van der Waals surface area contributed by atoms with Gasteiger partial charge in [0.25, 0.3) is 0 Å². The zero-order valence-electron chi connectivity index (χ0n) is 12.8. The number of rotatable bonds is 2. The zero-order chi connectivity index (χ0) is 17.2. The third kappa shape index (κ3) is 3.34. The van der Waals surface area contributed by atoms with Gasteiger partial charge >= 0.3 is 12.2 Å². The van der Waals surface area contributed by atoms with E-state index in [2.05, 4.69) is 10.3 Å². The summed E-state index contributed by atoms with van der Waals surface area (Å²) in [6.07, 6.45) is 0.369. The molecule has 0 unspecified atom stereocenters.